The third-order valence-corrected chi connectivity index (χ3v) is 1.72. The van der Waals surface area contributed by atoms with Gasteiger partial charge in [0.15, 0.2) is 0 Å². The minimum atomic E-state index is -0.116. The number of hydrogen-bond donors (Lipinski definition) is 0. The highest BCUT2D eigenvalue weighted by atomic mass is 16.3. The predicted molar refractivity (Wildman–Crippen MR) is 45.3 cm³/mol. The van der Waals surface area contributed by atoms with E-state index in [0.717, 1.165) is 0 Å². The number of aryl methyl sites for hydroxylation is 1. The molecule has 0 amide bonds. The summed E-state index contributed by atoms with van der Waals surface area (Å²) >= 11 is 0. The smallest absolute Gasteiger partial charge is 0.216 e. The lowest BCUT2D eigenvalue weighted by Gasteiger charge is -1.89. The van der Waals surface area contributed by atoms with Crippen molar-refractivity contribution >= 4 is 5.78 Å². The zero-order valence-electron chi connectivity index (χ0n) is 7.10. The quantitative estimate of drug-likeness (QED) is 0.647. The molecule has 4 nitrogen and oxygen atoms in total. The molecule has 0 saturated heterocycles. The molecule has 2 heterocycles. The number of aromatic nitrogens is 2. The molecule has 0 saturated carbocycles. The van der Waals surface area contributed by atoms with Crippen LogP contribution in [-0.4, -0.2) is 15.3 Å². The maximum atomic E-state index is 11.6. The first-order chi connectivity index (χ1) is 6.27. The van der Waals surface area contributed by atoms with Gasteiger partial charge in [0, 0.05) is 13.2 Å². The minimum absolute atomic E-state index is 0.116. The average molecular weight is 176 g/mol. The molecule has 13 heavy (non-hydrogen) atoms. The van der Waals surface area contributed by atoms with Gasteiger partial charge in [-0.25, -0.2) is 4.98 Å². The molecule has 0 aromatic carbocycles. The van der Waals surface area contributed by atoms with Crippen LogP contribution in [0.25, 0.3) is 0 Å². The van der Waals surface area contributed by atoms with Crippen molar-refractivity contribution < 1.29 is 9.21 Å². The van der Waals surface area contributed by atoms with Crippen molar-refractivity contribution in [3.63, 3.8) is 0 Å². The van der Waals surface area contributed by atoms with Gasteiger partial charge in [-0.1, -0.05) is 0 Å². The second-order valence-electron chi connectivity index (χ2n) is 2.77. The summed E-state index contributed by atoms with van der Waals surface area (Å²) in [5.41, 5.74) is 0.961. The van der Waals surface area contributed by atoms with E-state index in [-0.39, 0.29) is 5.78 Å². The molecular weight excluding hydrogens is 168 g/mol. The predicted octanol–water partition coefficient (Wildman–Crippen LogP) is 1.24. The largest absolute Gasteiger partial charge is 0.472 e. The van der Waals surface area contributed by atoms with E-state index in [1.165, 1.54) is 12.5 Å². The first kappa shape index (κ1) is 7.79. The van der Waals surface area contributed by atoms with Crippen LogP contribution in [0.15, 0.2) is 35.5 Å². The molecule has 0 N–H and O–H groups in total. The van der Waals surface area contributed by atoms with Crippen molar-refractivity contribution in [3.05, 3.63) is 42.4 Å². The highest BCUT2D eigenvalue weighted by molar-refractivity contribution is 6.07. The fourth-order valence-corrected chi connectivity index (χ4v) is 1.07. The fourth-order valence-electron chi connectivity index (χ4n) is 1.07. The van der Waals surface area contributed by atoms with E-state index in [4.69, 9.17) is 4.42 Å². The first-order valence-corrected chi connectivity index (χ1v) is 3.82. The summed E-state index contributed by atoms with van der Waals surface area (Å²) in [4.78, 5) is 15.5. The third-order valence-electron chi connectivity index (χ3n) is 1.72. The fraction of sp³-hybridized carbons (Fsp3) is 0.111. The molecule has 0 spiro atoms. The third kappa shape index (κ3) is 1.38. The summed E-state index contributed by atoms with van der Waals surface area (Å²) in [6, 6.07) is 1.62. The van der Waals surface area contributed by atoms with Crippen LogP contribution in [0.1, 0.15) is 16.1 Å². The molecule has 2 aromatic heterocycles. The van der Waals surface area contributed by atoms with Crippen molar-refractivity contribution in [2.45, 2.75) is 0 Å². The molecule has 66 valence electrons. The van der Waals surface area contributed by atoms with E-state index in [1.807, 2.05) is 7.05 Å². The van der Waals surface area contributed by atoms with E-state index in [0.29, 0.717) is 11.3 Å². The summed E-state index contributed by atoms with van der Waals surface area (Å²) < 4.78 is 6.54. The van der Waals surface area contributed by atoms with Crippen molar-refractivity contribution in [2.75, 3.05) is 0 Å². The van der Waals surface area contributed by atoms with Gasteiger partial charge >= 0.3 is 0 Å². The van der Waals surface area contributed by atoms with Gasteiger partial charge in [0.2, 0.25) is 5.78 Å². The Kier molecular flexibility index (Phi) is 1.73. The number of ketones is 1. The molecule has 0 bridgehead atoms. The topological polar surface area (TPSA) is 48.0 Å². The molecule has 0 fully saturated rings. The average Bonchev–Trinajstić information content (AvgIpc) is 2.72. The summed E-state index contributed by atoms with van der Waals surface area (Å²) in [7, 11) is 1.82. The Hall–Kier alpha value is -1.84. The van der Waals surface area contributed by atoms with Crippen LogP contribution in [0.4, 0.5) is 0 Å². The van der Waals surface area contributed by atoms with Gasteiger partial charge in [-0.15, -0.1) is 0 Å². The standard InChI is InChI=1S/C9H8N2O2/c1-11-4-8(10-6-11)9(12)7-2-3-13-5-7/h2-6H,1H3. The lowest BCUT2D eigenvalue weighted by molar-refractivity contribution is 0.103. The van der Waals surface area contributed by atoms with Crippen LogP contribution in [0, 0.1) is 0 Å². The zero-order chi connectivity index (χ0) is 9.26. The summed E-state index contributed by atoms with van der Waals surface area (Å²) in [5.74, 6) is -0.116. The molecule has 0 aliphatic carbocycles. The van der Waals surface area contributed by atoms with E-state index in [2.05, 4.69) is 4.98 Å². The zero-order valence-corrected chi connectivity index (χ0v) is 7.10. The SMILES string of the molecule is Cn1cnc(C(=O)c2ccoc2)c1. The summed E-state index contributed by atoms with van der Waals surface area (Å²) in [6.07, 6.45) is 6.15. The normalized spacial score (nSPS) is 10.2. The number of rotatable bonds is 2. The van der Waals surface area contributed by atoms with Gasteiger partial charge < -0.3 is 8.98 Å². The number of imidazole rings is 1. The van der Waals surface area contributed by atoms with Gasteiger partial charge in [-0.3, -0.25) is 4.79 Å². The number of nitrogens with zero attached hydrogens (tertiary/aromatic N) is 2. The lowest BCUT2D eigenvalue weighted by Crippen LogP contribution is -1.99. The van der Waals surface area contributed by atoms with E-state index < -0.39 is 0 Å². The van der Waals surface area contributed by atoms with E-state index in [9.17, 15) is 4.79 Å². The van der Waals surface area contributed by atoms with Gasteiger partial charge in [-0.2, -0.15) is 0 Å². The van der Waals surface area contributed by atoms with Crippen LogP contribution < -0.4 is 0 Å². The highest BCUT2D eigenvalue weighted by Crippen LogP contribution is 2.07. The monoisotopic (exact) mass is 176 g/mol. The van der Waals surface area contributed by atoms with Crippen LogP contribution in [0.5, 0.6) is 0 Å². The summed E-state index contributed by atoms with van der Waals surface area (Å²) in [6.45, 7) is 0. The van der Waals surface area contributed by atoms with Crippen LogP contribution >= 0.6 is 0 Å². The van der Waals surface area contributed by atoms with E-state index in [1.54, 1.807) is 23.2 Å². The Morgan fingerprint density at radius 3 is 3.00 bits per heavy atom. The molecule has 2 rings (SSSR count). The van der Waals surface area contributed by atoms with Crippen LogP contribution in [-0.2, 0) is 7.05 Å². The molecule has 0 aliphatic rings. The molecule has 0 aliphatic heterocycles. The Labute approximate surface area is 74.8 Å². The number of hydrogen-bond acceptors (Lipinski definition) is 3. The van der Waals surface area contributed by atoms with Crippen LogP contribution in [0.2, 0.25) is 0 Å². The maximum Gasteiger partial charge on any atom is 0.216 e. The number of carbonyl (C=O) groups excluding carboxylic acids is 1. The van der Waals surface area contributed by atoms with Crippen LogP contribution in [0.3, 0.4) is 0 Å². The molecular formula is C9H8N2O2. The molecule has 0 atom stereocenters. The molecule has 2 aromatic rings. The van der Waals surface area contributed by atoms with Crippen molar-refractivity contribution in [2.24, 2.45) is 7.05 Å². The van der Waals surface area contributed by atoms with E-state index >= 15 is 0 Å². The van der Waals surface area contributed by atoms with Crippen molar-refractivity contribution in [1.29, 1.82) is 0 Å². The number of furan rings is 1. The van der Waals surface area contributed by atoms with Gasteiger partial charge in [-0.05, 0) is 6.07 Å². The Morgan fingerprint density at radius 2 is 2.46 bits per heavy atom. The number of carbonyl (C=O) groups is 1. The molecule has 4 heteroatoms. The minimum Gasteiger partial charge on any atom is -0.472 e. The van der Waals surface area contributed by atoms with Gasteiger partial charge in [0.25, 0.3) is 0 Å². The molecule has 0 unspecified atom stereocenters. The van der Waals surface area contributed by atoms with Crippen molar-refractivity contribution in [3.8, 4) is 0 Å². The maximum absolute atomic E-state index is 11.6. The first-order valence-electron chi connectivity index (χ1n) is 3.82. The Morgan fingerprint density at radius 1 is 1.62 bits per heavy atom. The van der Waals surface area contributed by atoms with Crippen molar-refractivity contribution in [1.82, 2.24) is 9.55 Å². The second-order valence-corrected chi connectivity index (χ2v) is 2.77. The lowest BCUT2D eigenvalue weighted by atomic mass is 10.2. The highest BCUT2D eigenvalue weighted by Gasteiger charge is 2.11. The Balaban J connectivity index is 2.33. The van der Waals surface area contributed by atoms with Gasteiger partial charge in [0.1, 0.15) is 12.0 Å². The second kappa shape index (κ2) is 2.90. The van der Waals surface area contributed by atoms with Gasteiger partial charge in [0.05, 0.1) is 18.2 Å². The summed E-state index contributed by atoms with van der Waals surface area (Å²) in [5, 5.41) is 0. The Bertz CT molecular complexity index is 415. The molecule has 0 radical (unpaired) electrons.